The van der Waals surface area contributed by atoms with Gasteiger partial charge in [0.2, 0.25) is 0 Å². The molecule has 0 fully saturated rings. The highest BCUT2D eigenvalue weighted by molar-refractivity contribution is 7.98. The Morgan fingerprint density at radius 2 is 2.08 bits per heavy atom. The fourth-order valence-corrected chi connectivity index (χ4v) is 4.50. The van der Waals surface area contributed by atoms with Gasteiger partial charge in [-0.3, -0.25) is 4.98 Å². The van der Waals surface area contributed by atoms with E-state index in [4.69, 9.17) is 11.6 Å². The molecule has 0 N–H and O–H groups in total. The van der Waals surface area contributed by atoms with Crippen LogP contribution >= 0.6 is 34.7 Å². The Morgan fingerprint density at radius 3 is 2.92 bits per heavy atom. The van der Waals surface area contributed by atoms with Crippen molar-refractivity contribution in [2.24, 2.45) is 7.05 Å². The van der Waals surface area contributed by atoms with E-state index in [1.165, 1.54) is 0 Å². The lowest BCUT2D eigenvalue weighted by Gasteiger charge is -2.08. The summed E-state index contributed by atoms with van der Waals surface area (Å²) in [7, 11) is 1.99. The summed E-state index contributed by atoms with van der Waals surface area (Å²) >= 11 is 9.68. The molecule has 7 heteroatoms. The molecule has 0 saturated carbocycles. The fraction of sp³-hybridized carbons (Fsp3) is 0.118. The predicted octanol–water partition coefficient (Wildman–Crippen LogP) is 5.04. The third-order valence-electron chi connectivity index (χ3n) is 3.74. The first-order chi connectivity index (χ1) is 11.7. The van der Waals surface area contributed by atoms with Crippen molar-refractivity contribution in [1.82, 2.24) is 19.7 Å². The van der Waals surface area contributed by atoms with E-state index < -0.39 is 0 Å². The lowest BCUT2D eigenvalue weighted by atomic mass is 10.1. The molecule has 0 aliphatic heterocycles. The Hall–Kier alpha value is -1.89. The molecule has 0 atom stereocenters. The molecule has 0 aliphatic rings. The number of pyridine rings is 1. The van der Waals surface area contributed by atoms with Crippen molar-refractivity contribution in [3.05, 3.63) is 58.6 Å². The highest BCUT2D eigenvalue weighted by Crippen LogP contribution is 2.32. The maximum atomic E-state index is 6.40. The van der Waals surface area contributed by atoms with Crippen LogP contribution in [0.25, 0.3) is 21.6 Å². The number of benzene rings is 1. The van der Waals surface area contributed by atoms with Gasteiger partial charge >= 0.3 is 0 Å². The summed E-state index contributed by atoms with van der Waals surface area (Å²) in [5.41, 5.74) is 1.97. The Bertz CT molecular complexity index is 995. The van der Waals surface area contributed by atoms with Crippen LogP contribution in [0.15, 0.2) is 53.1 Å². The Balaban J connectivity index is 1.63. The number of hydrogen-bond acceptors (Lipinski definition) is 5. The summed E-state index contributed by atoms with van der Waals surface area (Å²) in [5.74, 6) is 1.58. The van der Waals surface area contributed by atoms with Crippen molar-refractivity contribution in [1.29, 1.82) is 0 Å². The molecular weight excluding hydrogens is 360 g/mol. The maximum Gasteiger partial charge on any atom is 0.191 e. The van der Waals surface area contributed by atoms with Crippen LogP contribution in [0.1, 0.15) is 5.56 Å². The van der Waals surface area contributed by atoms with Crippen molar-refractivity contribution < 1.29 is 0 Å². The minimum atomic E-state index is 0.698. The SMILES string of the molecule is Cn1c(SCc2c(Cl)ccc3cccnc23)nnc1-c1cccs1. The van der Waals surface area contributed by atoms with Gasteiger partial charge in [-0.15, -0.1) is 21.5 Å². The second-order valence-electron chi connectivity index (χ2n) is 5.23. The molecule has 0 unspecified atom stereocenters. The van der Waals surface area contributed by atoms with Crippen LogP contribution in [0.4, 0.5) is 0 Å². The minimum absolute atomic E-state index is 0.698. The highest BCUT2D eigenvalue weighted by Gasteiger charge is 2.14. The van der Waals surface area contributed by atoms with Crippen LogP contribution in [0, 0.1) is 0 Å². The molecule has 0 saturated heterocycles. The summed E-state index contributed by atoms with van der Waals surface area (Å²) in [5, 5.41) is 13.4. The topological polar surface area (TPSA) is 43.6 Å². The van der Waals surface area contributed by atoms with Gasteiger partial charge in [0.05, 0.1) is 10.4 Å². The number of hydrogen-bond donors (Lipinski definition) is 0. The average Bonchev–Trinajstić information content (AvgIpc) is 3.24. The van der Waals surface area contributed by atoms with Gasteiger partial charge in [-0.2, -0.15) is 0 Å². The molecule has 24 heavy (non-hydrogen) atoms. The summed E-state index contributed by atoms with van der Waals surface area (Å²) in [6.07, 6.45) is 1.80. The number of thiophene rings is 1. The molecular formula is C17H13ClN4S2. The van der Waals surface area contributed by atoms with E-state index in [1.807, 2.05) is 47.3 Å². The second kappa shape index (κ2) is 6.55. The molecule has 4 nitrogen and oxygen atoms in total. The first-order valence-electron chi connectivity index (χ1n) is 7.32. The largest absolute Gasteiger partial charge is 0.304 e. The molecule has 0 spiro atoms. The monoisotopic (exact) mass is 372 g/mol. The zero-order chi connectivity index (χ0) is 16.5. The Kier molecular flexibility index (Phi) is 4.26. The summed E-state index contributed by atoms with van der Waals surface area (Å²) < 4.78 is 2.02. The smallest absolute Gasteiger partial charge is 0.191 e. The number of nitrogens with zero attached hydrogens (tertiary/aromatic N) is 4. The number of aromatic nitrogens is 4. The van der Waals surface area contributed by atoms with Crippen molar-refractivity contribution in [3.63, 3.8) is 0 Å². The third kappa shape index (κ3) is 2.81. The van der Waals surface area contributed by atoms with Gasteiger partial charge in [0.1, 0.15) is 0 Å². The predicted molar refractivity (Wildman–Crippen MR) is 101 cm³/mol. The lowest BCUT2D eigenvalue weighted by Crippen LogP contribution is -1.95. The normalized spacial score (nSPS) is 11.2. The maximum absolute atomic E-state index is 6.40. The average molecular weight is 373 g/mol. The van der Waals surface area contributed by atoms with Crippen LogP contribution in [0.5, 0.6) is 0 Å². The molecule has 4 rings (SSSR count). The Labute approximate surface area is 152 Å². The lowest BCUT2D eigenvalue weighted by molar-refractivity contribution is 0.794. The quantitative estimate of drug-likeness (QED) is 0.471. The number of rotatable bonds is 4. The second-order valence-corrected chi connectivity index (χ2v) is 7.53. The van der Waals surface area contributed by atoms with Gasteiger partial charge in [-0.05, 0) is 23.6 Å². The van der Waals surface area contributed by atoms with Crippen molar-refractivity contribution in [2.45, 2.75) is 10.9 Å². The number of halogens is 1. The molecule has 4 aromatic rings. The molecule has 0 radical (unpaired) electrons. The van der Waals surface area contributed by atoms with Crippen LogP contribution in [-0.2, 0) is 12.8 Å². The molecule has 3 aromatic heterocycles. The molecule has 120 valence electrons. The van der Waals surface area contributed by atoms with E-state index in [9.17, 15) is 0 Å². The van der Waals surface area contributed by atoms with Crippen molar-refractivity contribution >= 4 is 45.6 Å². The summed E-state index contributed by atoms with van der Waals surface area (Å²) in [4.78, 5) is 5.60. The van der Waals surface area contributed by atoms with Gasteiger partial charge < -0.3 is 4.57 Å². The molecule has 0 aliphatic carbocycles. The van der Waals surface area contributed by atoms with E-state index >= 15 is 0 Å². The number of fused-ring (bicyclic) bond motifs is 1. The van der Waals surface area contributed by atoms with Gasteiger partial charge in [-0.25, -0.2) is 0 Å². The van der Waals surface area contributed by atoms with Crippen LogP contribution in [0.3, 0.4) is 0 Å². The standard InChI is InChI=1S/C17H13ClN4S2/c1-22-16(14-5-3-9-23-14)20-21-17(22)24-10-12-13(18)7-6-11-4-2-8-19-15(11)12/h2-9H,10H2,1H3. The van der Waals surface area contributed by atoms with Gasteiger partial charge in [-0.1, -0.05) is 41.6 Å². The first kappa shape index (κ1) is 15.6. The third-order valence-corrected chi connectivity index (χ3v) is 6.01. The first-order valence-corrected chi connectivity index (χ1v) is 9.56. The Morgan fingerprint density at radius 1 is 1.17 bits per heavy atom. The van der Waals surface area contributed by atoms with Crippen LogP contribution in [-0.4, -0.2) is 19.7 Å². The summed E-state index contributed by atoms with van der Waals surface area (Å²) in [6, 6.07) is 12.0. The van der Waals surface area contributed by atoms with Crippen LogP contribution in [0.2, 0.25) is 5.02 Å². The minimum Gasteiger partial charge on any atom is -0.304 e. The number of thioether (sulfide) groups is 1. The van der Waals surface area contributed by atoms with Gasteiger partial charge in [0, 0.05) is 35.0 Å². The van der Waals surface area contributed by atoms with E-state index in [-0.39, 0.29) is 0 Å². The van der Waals surface area contributed by atoms with E-state index in [0.29, 0.717) is 5.75 Å². The highest BCUT2D eigenvalue weighted by atomic mass is 35.5. The van der Waals surface area contributed by atoms with Crippen molar-refractivity contribution in [3.8, 4) is 10.7 Å². The molecule has 0 amide bonds. The molecule has 3 heterocycles. The molecule has 1 aromatic carbocycles. The van der Waals surface area contributed by atoms with E-state index in [1.54, 1.807) is 29.3 Å². The zero-order valence-electron chi connectivity index (χ0n) is 12.8. The zero-order valence-corrected chi connectivity index (χ0v) is 15.2. The van der Waals surface area contributed by atoms with Crippen LogP contribution < -0.4 is 0 Å². The molecule has 0 bridgehead atoms. The summed E-state index contributed by atoms with van der Waals surface area (Å²) in [6.45, 7) is 0. The van der Waals surface area contributed by atoms with E-state index in [2.05, 4.69) is 21.2 Å². The van der Waals surface area contributed by atoms with E-state index in [0.717, 1.165) is 37.3 Å². The fourth-order valence-electron chi connectivity index (χ4n) is 2.52. The van der Waals surface area contributed by atoms with Crippen molar-refractivity contribution in [2.75, 3.05) is 0 Å². The van der Waals surface area contributed by atoms with Gasteiger partial charge in [0.15, 0.2) is 11.0 Å². The van der Waals surface area contributed by atoms with Gasteiger partial charge in [0.25, 0.3) is 0 Å².